The molecule has 2 aromatic carbocycles. The monoisotopic (exact) mass is 319 g/mol. The van der Waals surface area contributed by atoms with E-state index in [2.05, 4.69) is 0 Å². The Morgan fingerprint density at radius 3 is 2.30 bits per heavy atom. The molecule has 0 aromatic heterocycles. The quantitative estimate of drug-likeness (QED) is 0.793. The lowest BCUT2D eigenvalue weighted by Crippen LogP contribution is -2.28. The fourth-order valence-corrected chi connectivity index (χ4v) is 3.08. The molecule has 5 heteroatoms. The van der Waals surface area contributed by atoms with Crippen molar-refractivity contribution in [3.63, 3.8) is 0 Å². The molecular weight excluding hydrogens is 303 g/mol. The number of benzene rings is 2. The molecule has 0 saturated heterocycles. The van der Waals surface area contributed by atoms with Crippen LogP contribution in [0.1, 0.15) is 45.6 Å². The SMILES string of the molecule is CCN1C(=O)c2ccc(C)cc2C1c1ccc(C(F)(F)F)cc1. The van der Waals surface area contributed by atoms with Crippen molar-refractivity contribution >= 4 is 5.91 Å². The highest BCUT2D eigenvalue weighted by molar-refractivity contribution is 5.99. The molecule has 1 atom stereocenters. The van der Waals surface area contributed by atoms with Crippen LogP contribution < -0.4 is 0 Å². The molecular formula is C18H16F3NO. The van der Waals surface area contributed by atoms with Crippen LogP contribution in [-0.2, 0) is 6.18 Å². The second kappa shape index (κ2) is 5.41. The highest BCUT2D eigenvalue weighted by atomic mass is 19.4. The highest BCUT2D eigenvalue weighted by Gasteiger charge is 2.37. The minimum Gasteiger partial charge on any atom is -0.328 e. The lowest BCUT2D eigenvalue weighted by atomic mass is 9.95. The summed E-state index contributed by atoms with van der Waals surface area (Å²) in [5.41, 5.74) is 2.51. The summed E-state index contributed by atoms with van der Waals surface area (Å²) in [6, 6.07) is 10.3. The van der Waals surface area contributed by atoms with E-state index in [0.717, 1.165) is 23.3 Å². The molecule has 120 valence electrons. The molecule has 1 aliphatic heterocycles. The van der Waals surface area contributed by atoms with Gasteiger partial charge in [0.25, 0.3) is 5.91 Å². The second-order valence-corrected chi connectivity index (χ2v) is 5.70. The number of halogens is 3. The topological polar surface area (TPSA) is 20.3 Å². The molecule has 0 radical (unpaired) electrons. The van der Waals surface area contributed by atoms with E-state index in [1.54, 1.807) is 11.0 Å². The van der Waals surface area contributed by atoms with Crippen LogP contribution in [0.15, 0.2) is 42.5 Å². The maximum atomic E-state index is 12.7. The average Bonchev–Trinajstić information content (AvgIpc) is 2.78. The fourth-order valence-electron chi connectivity index (χ4n) is 3.08. The molecule has 0 saturated carbocycles. The Kier molecular flexibility index (Phi) is 3.66. The summed E-state index contributed by atoms with van der Waals surface area (Å²) in [6.45, 7) is 4.30. The molecule has 1 aliphatic rings. The lowest BCUT2D eigenvalue weighted by Gasteiger charge is -2.24. The Morgan fingerprint density at radius 1 is 1.09 bits per heavy atom. The molecule has 2 nitrogen and oxygen atoms in total. The van der Waals surface area contributed by atoms with Crippen molar-refractivity contribution in [2.45, 2.75) is 26.1 Å². The second-order valence-electron chi connectivity index (χ2n) is 5.70. The van der Waals surface area contributed by atoms with E-state index >= 15 is 0 Å². The van der Waals surface area contributed by atoms with Crippen molar-refractivity contribution < 1.29 is 18.0 Å². The summed E-state index contributed by atoms with van der Waals surface area (Å²) < 4.78 is 38.2. The van der Waals surface area contributed by atoms with Crippen molar-refractivity contribution in [2.24, 2.45) is 0 Å². The van der Waals surface area contributed by atoms with Gasteiger partial charge in [-0.3, -0.25) is 4.79 Å². The predicted octanol–water partition coefficient (Wildman–Crippen LogP) is 4.58. The van der Waals surface area contributed by atoms with E-state index in [-0.39, 0.29) is 11.9 Å². The smallest absolute Gasteiger partial charge is 0.328 e. The van der Waals surface area contributed by atoms with Gasteiger partial charge >= 0.3 is 6.18 Å². The number of rotatable bonds is 2. The predicted molar refractivity (Wildman–Crippen MR) is 81.2 cm³/mol. The van der Waals surface area contributed by atoms with Crippen LogP contribution in [0, 0.1) is 6.92 Å². The number of amides is 1. The molecule has 0 N–H and O–H groups in total. The first-order valence-electron chi connectivity index (χ1n) is 7.41. The summed E-state index contributed by atoms with van der Waals surface area (Å²) in [6.07, 6.45) is -4.36. The van der Waals surface area contributed by atoms with Crippen molar-refractivity contribution in [2.75, 3.05) is 6.54 Å². The number of carbonyl (C=O) groups excluding carboxylic acids is 1. The summed E-state index contributed by atoms with van der Waals surface area (Å²) in [4.78, 5) is 14.2. The number of hydrogen-bond acceptors (Lipinski definition) is 1. The van der Waals surface area contributed by atoms with Gasteiger partial charge in [0.05, 0.1) is 11.6 Å². The molecule has 1 amide bonds. The van der Waals surface area contributed by atoms with Gasteiger partial charge in [-0.15, -0.1) is 0 Å². The summed E-state index contributed by atoms with van der Waals surface area (Å²) in [7, 11) is 0. The first-order valence-corrected chi connectivity index (χ1v) is 7.41. The molecule has 2 aromatic rings. The van der Waals surface area contributed by atoms with Gasteiger partial charge in [0.15, 0.2) is 0 Å². The number of nitrogens with zero attached hydrogens (tertiary/aromatic N) is 1. The van der Waals surface area contributed by atoms with E-state index in [4.69, 9.17) is 0 Å². The highest BCUT2D eigenvalue weighted by Crippen LogP contribution is 2.39. The largest absolute Gasteiger partial charge is 0.416 e. The van der Waals surface area contributed by atoms with Gasteiger partial charge in [0, 0.05) is 12.1 Å². The molecule has 3 rings (SSSR count). The van der Waals surface area contributed by atoms with Crippen LogP contribution in [0.5, 0.6) is 0 Å². The third-order valence-corrected chi connectivity index (χ3v) is 4.20. The van der Waals surface area contributed by atoms with Crippen molar-refractivity contribution in [1.82, 2.24) is 4.90 Å². The average molecular weight is 319 g/mol. The summed E-state index contributed by atoms with van der Waals surface area (Å²) >= 11 is 0. The van der Waals surface area contributed by atoms with Crippen LogP contribution in [-0.4, -0.2) is 17.4 Å². The normalized spacial score (nSPS) is 17.5. The molecule has 0 fully saturated rings. The van der Waals surface area contributed by atoms with Crippen LogP contribution in [0.3, 0.4) is 0 Å². The molecule has 0 aliphatic carbocycles. The minimum absolute atomic E-state index is 0.0765. The van der Waals surface area contributed by atoms with E-state index in [0.29, 0.717) is 17.7 Å². The standard InChI is InChI=1S/C18H16F3NO/c1-3-22-16(12-5-7-13(8-6-12)18(19,20)21)15-10-11(2)4-9-14(15)17(22)23/h4-10,16H,3H2,1-2H3. The van der Waals surface area contributed by atoms with Gasteiger partial charge in [-0.05, 0) is 43.2 Å². The van der Waals surface area contributed by atoms with Crippen molar-refractivity contribution in [3.8, 4) is 0 Å². The Balaban J connectivity index is 2.08. The first-order chi connectivity index (χ1) is 10.8. The van der Waals surface area contributed by atoms with E-state index in [9.17, 15) is 18.0 Å². The Labute approximate surface area is 132 Å². The van der Waals surface area contributed by atoms with E-state index in [1.807, 2.05) is 26.0 Å². The maximum Gasteiger partial charge on any atom is 0.416 e. The van der Waals surface area contributed by atoms with Gasteiger partial charge in [-0.1, -0.05) is 29.8 Å². The van der Waals surface area contributed by atoms with Crippen molar-refractivity contribution in [1.29, 1.82) is 0 Å². The van der Waals surface area contributed by atoms with E-state index in [1.165, 1.54) is 12.1 Å². The number of aryl methyl sites for hydroxylation is 1. The molecule has 1 heterocycles. The van der Waals surface area contributed by atoms with Gasteiger partial charge < -0.3 is 4.90 Å². The zero-order valence-electron chi connectivity index (χ0n) is 12.8. The molecule has 0 spiro atoms. The molecule has 1 unspecified atom stereocenters. The maximum absolute atomic E-state index is 12.7. The first kappa shape index (κ1) is 15.6. The Morgan fingerprint density at radius 2 is 1.74 bits per heavy atom. The van der Waals surface area contributed by atoms with Gasteiger partial charge in [0.2, 0.25) is 0 Å². The van der Waals surface area contributed by atoms with Crippen LogP contribution in [0.4, 0.5) is 13.2 Å². The van der Waals surface area contributed by atoms with Gasteiger partial charge in [-0.25, -0.2) is 0 Å². The third kappa shape index (κ3) is 2.60. The van der Waals surface area contributed by atoms with Crippen LogP contribution in [0.2, 0.25) is 0 Å². The molecule has 0 bridgehead atoms. The Hall–Kier alpha value is -2.30. The number of hydrogen-bond donors (Lipinski definition) is 0. The fraction of sp³-hybridized carbons (Fsp3) is 0.278. The zero-order chi connectivity index (χ0) is 16.8. The van der Waals surface area contributed by atoms with Gasteiger partial charge in [-0.2, -0.15) is 13.2 Å². The van der Waals surface area contributed by atoms with Gasteiger partial charge in [0.1, 0.15) is 0 Å². The molecule has 23 heavy (non-hydrogen) atoms. The third-order valence-electron chi connectivity index (χ3n) is 4.20. The van der Waals surface area contributed by atoms with Crippen LogP contribution >= 0.6 is 0 Å². The minimum atomic E-state index is -4.36. The van der Waals surface area contributed by atoms with E-state index < -0.39 is 11.7 Å². The summed E-state index contributed by atoms with van der Waals surface area (Å²) in [5.74, 6) is -0.0765. The number of alkyl halides is 3. The zero-order valence-corrected chi connectivity index (χ0v) is 12.8. The van der Waals surface area contributed by atoms with Crippen LogP contribution in [0.25, 0.3) is 0 Å². The lowest BCUT2D eigenvalue weighted by molar-refractivity contribution is -0.137. The number of carbonyl (C=O) groups is 1. The van der Waals surface area contributed by atoms with Crippen molar-refractivity contribution in [3.05, 3.63) is 70.3 Å². The number of fused-ring (bicyclic) bond motifs is 1. The summed E-state index contributed by atoms with van der Waals surface area (Å²) in [5, 5.41) is 0. The Bertz CT molecular complexity index is 750.